The minimum Gasteiger partial charge on any atom is -0.467 e. The van der Waals surface area contributed by atoms with Gasteiger partial charge < -0.3 is 9.32 Å². The zero-order valence-electron chi connectivity index (χ0n) is 11.2. The van der Waals surface area contributed by atoms with Crippen molar-refractivity contribution in [3.05, 3.63) is 23.7 Å². The maximum atomic E-state index is 11.6. The number of carbonyl (C=O) groups excluding carboxylic acids is 2. The molecule has 0 aromatic carbocycles. The number of hydrogen-bond acceptors (Lipinski definition) is 5. The van der Waals surface area contributed by atoms with Crippen LogP contribution in [0.1, 0.15) is 29.0 Å². The number of furan rings is 1. The molecule has 3 N–H and O–H groups in total. The monoisotopic (exact) mass is 278 g/mol. The number of rotatable bonds is 3. The molecule has 2 amide bonds. The quantitative estimate of drug-likeness (QED) is 0.449. The molecule has 0 aliphatic carbocycles. The van der Waals surface area contributed by atoms with Gasteiger partial charge in [0, 0.05) is 32.1 Å². The van der Waals surface area contributed by atoms with Gasteiger partial charge in [-0.2, -0.15) is 0 Å². The van der Waals surface area contributed by atoms with Crippen LogP contribution in [0.25, 0.3) is 0 Å². The fourth-order valence-corrected chi connectivity index (χ4v) is 3.02. The Morgan fingerprint density at radius 2 is 2.35 bits per heavy atom. The second-order valence-corrected chi connectivity index (χ2v) is 5.25. The number of nitrogens with one attached hydrogen (secondary N) is 1. The first-order valence-electron chi connectivity index (χ1n) is 6.78. The Labute approximate surface area is 116 Å². The Morgan fingerprint density at radius 1 is 1.50 bits per heavy atom. The zero-order chi connectivity index (χ0) is 14.1. The highest BCUT2D eigenvalue weighted by molar-refractivity contribution is 5.94. The maximum absolute atomic E-state index is 11.6. The number of piperazine rings is 1. The standard InChI is InChI=1S/C13H18N4O3/c14-15-13(19)10-3-6-20-11(10)8-16-4-5-17-9(7-16)1-2-12(17)18/h3,6,9H,1-2,4-5,7-8,14H2,(H,15,19). The van der Waals surface area contributed by atoms with E-state index in [9.17, 15) is 9.59 Å². The topological polar surface area (TPSA) is 91.8 Å². The fraction of sp³-hybridized carbons (Fsp3) is 0.538. The average Bonchev–Trinajstić information content (AvgIpc) is 3.05. The van der Waals surface area contributed by atoms with Crippen molar-refractivity contribution in [3.63, 3.8) is 0 Å². The molecule has 3 heterocycles. The van der Waals surface area contributed by atoms with E-state index in [0.29, 0.717) is 30.3 Å². The minimum atomic E-state index is -0.344. The lowest BCUT2D eigenvalue weighted by atomic mass is 10.1. The van der Waals surface area contributed by atoms with E-state index in [4.69, 9.17) is 10.3 Å². The number of hydrazine groups is 1. The molecule has 0 saturated carbocycles. The van der Waals surface area contributed by atoms with Crippen LogP contribution in [0.4, 0.5) is 0 Å². The van der Waals surface area contributed by atoms with Gasteiger partial charge in [-0.15, -0.1) is 0 Å². The Hall–Kier alpha value is -1.86. The van der Waals surface area contributed by atoms with E-state index < -0.39 is 0 Å². The number of nitrogens with two attached hydrogens (primary N) is 1. The molecule has 1 aromatic heterocycles. The van der Waals surface area contributed by atoms with Crippen molar-refractivity contribution < 1.29 is 14.0 Å². The molecule has 20 heavy (non-hydrogen) atoms. The Balaban J connectivity index is 1.66. The van der Waals surface area contributed by atoms with Gasteiger partial charge in [-0.3, -0.25) is 19.9 Å². The third kappa shape index (κ3) is 2.30. The van der Waals surface area contributed by atoms with Crippen LogP contribution in [0.5, 0.6) is 0 Å². The molecule has 108 valence electrons. The van der Waals surface area contributed by atoms with Gasteiger partial charge in [0.15, 0.2) is 0 Å². The van der Waals surface area contributed by atoms with Crippen LogP contribution in [0.15, 0.2) is 16.7 Å². The van der Waals surface area contributed by atoms with Crippen LogP contribution < -0.4 is 11.3 Å². The lowest BCUT2D eigenvalue weighted by Crippen LogP contribution is -2.51. The summed E-state index contributed by atoms with van der Waals surface area (Å²) >= 11 is 0. The highest BCUT2D eigenvalue weighted by Crippen LogP contribution is 2.24. The molecular weight excluding hydrogens is 260 g/mol. The molecule has 0 spiro atoms. The number of nitrogen functional groups attached to an aromatic ring is 1. The van der Waals surface area contributed by atoms with Gasteiger partial charge in [-0.05, 0) is 12.5 Å². The van der Waals surface area contributed by atoms with E-state index in [1.807, 2.05) is 4.90 Å². The Bertz CT molecular complexity index is 527. The van der Waals surface area contributed by atoms with Gasteiger partial charge in [0.25, 0.3) is 5.91 Å². The molecular formula is C13H18N4O3. The van der Waals surface area contributed by atoms with E-state index in [1.165, 1.54) is 6.26 Å². The predicted molar refractivity (Wildman–Crippen MR) is 70.4 cm³/mol. The van der Waals surface area contributed by atoms with Crippen LogP contribution in [-0.2, 0) is 11.3 Å². The summed E-state index contributed by atoms with van der Waals surface area (Å²) < 4.78 is 5.38. The zero-order valence-corrected chi connectivity index (χ0v) is 11.2. The van der Waals surface area contributed by atoms with Crippen LogP contribution in [-0.4, -0.2) is 47.3 Å². The molecule has 2 aliphatic heterocycles. The first-order valence-corrected chi connectivity index (χ1v) is 6.78. The average molecular weight is 278 g/mol. The summed E-state index contributed by atoms with van der Waals surface area (Å²) in [4.78, 5) is 27.4. The molecule has 0 radical (unpaired) electrons. The van der Waals surface area contributed by atoms with Gasteiger partial charge in [-0.1, -0.05) is 0 Å². The summed E-state index contributed by atoms with van der Waals surface area (Å²) in [6, 6.07) is 1.92. The summed E-state index contributed by atoms with van der Waals surface area (Å²) in [5, 5.41) is 0. The maximum Gasteiger partial charge on any atom is 0.268 e. The lowest BCUT2D eigenvalue weighted by Gasteiger charge is -2.37. The number of carbonyl (C=O) groups is 2. The van der Waals surface area contributed by atoms with Crippen molar-refractivity contribution in [2.45, 2.75) is 25.4 Å². The Morgan fingerprint density at radius 3 is 3.15 bits per heavy atom. The lowest BCUT2D eigenvalue weighted by molar-refractivity contribution is -0.130. The molecule has 1 aromatic rings. The van der Waals surface area contributed by atoms with Crippen molar-refractivity contribution >= 4 is 11.8 Å². The minimum absolute atomic E-state index is 0.260. The summed E-state index contributed by atoms with van der Waals surface area (Å²) in [6.07, 6.45) is 3.07. The van der Waals surface area contributed by atoms with Crippen molar-refractivity contribution in [3.8, 4) is 0 Å². The van der Waals surface area contributed by atoms with Crippen LogP contribution >= 0.6 is 0 Å². The van der Waals surface area contributed by atoms with E-state index in [2.05, 4.69) is 10.3 Å². The molecule has 2 saturated heterocycles. The highest BCUT2D eigenvalue weighted by atomic mass is 16.3. The van der Waals surface area contributed by atoms with Gasteiger partial charge in [0.2, 0.25) is 5.91 Å². The molecule has 0 bridgehead atoms. The van der Waals surface area contributed by atoms with Gasteiger partial charge in [0.1, 0.15) is 5.76 Å². The van der Waals surface area contributed by atoms with Crippen LogP contribution in [0.2, 0.25) is 0 Å². The Kier molecular flexibility index (Phi) is 3.45. The van der Waals surface area contributed by atoms with E-state index in [0.717, 1.165) is 26.1 Å². The number of amides is 2. The molecule has 7 nitrogen and oxygen atoms in total. The molecule has 3 rings (SSSR count). The molecule has 7 heteroatoms. The van der Waals surface area contributed by atoms with E-state index >= 15 is 0 Å². The summed E-state index contributed by atoms with van der Waals surface area (Å²) in [7, 11) is 0. The van der Waals surface area contributed by atoms with Crippen molar-refractivity contribution in [1.29, 1.82) is 0 Å². The van der Waals surface area contributed by atoms with Gasteiger partial charge in [-0.25, -0.2) is 5.84 Å². The van der Waals surface area contributed by atoms with Gasteiger partial charge >= 0.3 is 0 Å². The normalized spacial score (nSPS) is 22.9. The summed E-state index contributed by atoms with van der Waals surface area (Å²) in [6.45, 7) is 2.94. The summed E-state index contributed by atoms with van der Waals surface area (Å²) in [5.74, 6) is 5.68. The SMILES string of the molecule is NNC(=O)c1ccoc1CN1CCN2C(=O)CCC2C1. The predicted octanol–water partition coefficient (Wildman–Crippen LogP) is -0.310. The second-order valence-electron chi connectivity index (χ2n) is 5.25. The molecule has 1 atom stereocenters. The van der Waals surface area contributed by atoms with Crippen molar-refractivity contribution in [2.75, 3.05) is 19.6 Å². The number of hydrogen-bond donors (Lipinski definition) is 2. The van der Waals surface area contributed by atoms with Crippen molar-refractivity contribution in [1.82, 2.24) is 15.2 Å². The van der Waals surface area contributed by atoms with Crippen LogP contribution in [0.3, 0.4) is 0 Å². The van der Waals surface area contributed by atoms with Gasteiger partial charge in [0.05, 0.1) is 18.4 Å². The summed E-state index contributed by atoms with van der Waals surface area (Å²) in [5.41, 5.74) is 2.59. The first-order chi connectivity index (χ1) is 9.69. The van der Waals surface area contributed by atoms with E-state index in [-0.39, 0.29) is 11.8 Å². The molecule has 1 unspecified atom stereocenters. The fourth-order valence-electron chi connectivity index (χ4n) is 3.02. The third-order valence-corrected chi connectivity index (χ3v) is 4.07. The largest absolute Gasteiger partial charge is 0.467 e. The third-order valence-electron chi connectivity index (χ3n) is 4.07. The second kappa shape index (κ2) is 5.26. The van der Waals surface area contributed by atoms with Crippen molar-refractivity contribution in [2.24, 2.45) is 5.84 Å². The first kappa shape index (κ1) is 13.1. The van der Waals surface area contributed by atoms with E-state index in [1.54, 1.807) is 6.07 Å². The molecule has 2 fully saturated rings. The smallest absolute Gasteiger partial charge is 0.268 e. The number of fused-ring (bicyclic) bond motifs is 1. The highest BCUT2D eigenvalue weighted by Gasteiger charge is 2.35. The van der Waals surface area contributed by atoms with Crippen LogP contribution in [0, 0.1) is 0 Å². The number of nitrogens with zero attached hydrogens (tertiary/aromatic N) is 2. The molecule has 2 aliphatic rings.